The van der Waals surface area contributed by atoms with E-state index in [4.69, 9.17) is 20.8 Å². The second-order valence-corrected chi connectivity index (χ2v) is 7.59. The molecule has 0 saturated carbocycles. The van der Waals surface area contributed by atoms with E-state index in [2.05, 4.69) is 15.6 Å². The third-order valence-corrected chi connectivity index (χ3v) is 5.29. The highest BCUT2D eigenvalue weighted by atomic mass is 35.5. The van der Waals surface area contributed by atoms with Crippen molar-refractivity contribution in [3.63, 3.8) is 0 Å². The summed E-state index contributed by atoms with van der Waals surface area (Å²) < 4.78 is 48.5. The molecule has 0 fully saturated rings. The Morgan fingerprint density at radius 1 is 1.24 bits per heavy atom. The molecular weight excluding hydrogens is 463 g/mol. The number of hydrogen-bond acceptors (Lipinski definition) is 6. The molecule has 0 saturated heterocycles. The maximum absolute atomic E-state index is 12.7. The number of halogens is 4. The molecule has 176 valence electrons. The van der Waals surface area contributed by atoms with Crippen LogP contribution in [0.25, 0.3) is 11.0 Å². The second-order valence-electron chi connectivity index (χ2n) is 7.18. The fourth-order valence-corrected chi connectivity index (χ4v) is 3.46. The number of rotatable bonds is 8. The van der Waals surface area contributed by atoms with Crippen LogP contribution in [0.5, 0.6) is 5.75 Å². The van der Waals surface area contributed by atoms with E-state index in [0.29, 0.717) is 23.1 Å². The number of benzene rings is 1. The van der Waals surface area contributed by atoms with Gasteiger partial charge in [-0.15, -0.1) is 0 Å². The Kier molecular flexibility index (Phi) is 7.47. The first-order valence-electron chi connectivity index (χ1n) is 9.93. The first-order valence-corrected chi connectivity index (χ1v) is 10.3. The van der Waals surface area contributed by atoms with Crippen LogP contribution in [-0.2, 0) is 17.4 Å². The Morgan fingerprint density at radius 3 is 2.67 bits per heavy atom. The highest BCUT2D eigenvalue weighted by Crippen LogP contribution is 2.32. The summed E-state index contributed by atoms with van der Waals surface area (Å²) >= 11 is 5.82. The summed E-state index contributed by atoms with van der Waals surface area (Å²) in [5.74, 6) is 0.357. The van der Waals surface area contributed by atoms with E-state index in [1.807, 2.05) is 0 Å². The van der Waals surface area contributed by atoms with Gasteiger partial charge in [-0.2, -0.15) is 13.2 Å². The number of nitrogens with one attached hydrogen (secondary N) is 2. The van der Waals surface area contributed by atoms with Gasteiger partial charge >= 0.3 is 11.8 Å². The lowest BCUT2D eigenvalue weighted by molar-refractivity contribution is -0.137. The van der Waals surface area contributed by atoms with Crippen LogP contribution < -0.4 is 21.0 Å². The summed E-state index contributed by atoms with van der Waals surface area (Å²) in [6, 6.07) is 5.96. The molecule has 33 heavy (non-hydrogen) atoms. The third-order valence-electron chi connectivity index (χ3n) is 5.00. The minimum atomic E-state index is -4.53. The second kappa shape index (κ2) is 10.1. The smallest absolute Gasteiger partial charge is 0.417 e. The molecule has 7 nitrogen and oxygen atoms in total. The van der Waals surface area contributed by atoms with Crippen LogP contribution in [0.2, 0.25) is 5.02 Å². The first kappa shape index (κ1) is 24.4. The fourth-order valence-electron chi connectivity index (χ4n) is 3.22. The van der Waals surface area contributed by atoms with Crippen molar-refractivity contribution < 1.29 is 27.1 Å². The molecular formula is C22H21ClF3N3O4. The van der Waals surface area contributed by atoms with E-state index in [0.717, 1.165) is 17.0 Å². The van der Waals surface area contributed by atoms with Gasteiger partial charge in [-0.1, -0.05) is 11.6 Å². The molecule has 11 heteroatoms. The number of anilines is 1. The summed E-state index contributed by atoms with van der Waals surface area (Å²) in [5.41, 5.74) is 0.111. The normalized spacial score (nSPS) is 11.5. The van der Waals surface area contributed by atoms with Gasteiger partial charge in [-0.3, -0.25) is 4.79 Å². The Hall–Kier alpha value is -3.27. The molecule has 3 rings (SSSR count). The lowest BCUT2D eigenvalue weighted by Crippen LogP contribution is -2.29. The number of aryl methyl sites for hydroxylation is 1. The molecule has 1 aromatic carbocycles. The van der Waals surface area contributed by atoms with E-state index in [1.54, 1.807) is 25.1 Å². The number of nitrogens with zero attached hydrogens (tertiary/aromatic N) is 1. The minimum absolute atomic E-state index is 0.0621. The number of fused-ring (bicyclic) bond motifs is 1. The van der Waals surface area contributed by atoms with E-state index >= 15 is 0 Å². The van der Waals surface area contributed by atoms with Gasteiger partial charge in [0.25, 0.3) is 0 Å². The minimum Gasteiger partial charge on any atom is -0.497 e. The van der Waals surface area contributed by atoms with Gasteiger partial charge in [-0.25, -0.2) is 9.78 Å². The zero-order valence-electron chi connectivity index (χ0n) is 17.8. The van der Waals surface area contributed by atoms with E-state index in [9.17, 15) is 22.8 Å². The molecule has 0 atom stereocenters. The standard InChI is InChI=1S/C22H21ClF3N3O4/c1-12-15-4-3-14(32-2)10-18(15)33-21(31)16(12)5-6-19(30)27-7-8-28-20-17(23)9-13(11-29-20)22(24,25)26/h3-4,9-11H,5-8H2,1-2H3,(H,27,30)(H,28,29). The van der Waals surface area contributed by atoms with Crippen molar-refractivity contribution in [1.29, 1.82) is 0 Å². The third kappa shape index (κ3) is 5.95. The molecule has 2 heterocycles. The Morgan fingerprint density at radius 2 is 2.00 bits per heavy atom. The summed E-state index contributed by atoms with van der Waals surface area (Å²) in [7, 11) is 1.52. The molecule has 0 unspecified atom stereocenters. The van der Waals surface area contributed by atoms with Crippen molar-refractivity contribution >= 4 is 34.3 Å². The van der Waals surface area contributed by atoms with Crippen LogP contribution in [0.3, 0.4) is 0 Å². The van der Waals surface area contributed by atoms with Crippen LogP contribution >= 0.6 is 11.6 Å². The number of aromatic nitrogens is 1. The highest BCUT2D eigenvalue weighted by Gasteiger charge is 2.31. The highest BCUT2D eigenvalue weighted by molar-refractivity contribution is 6.32. The SMILES string of the molecule is COc1ccc2c(C)c(CCC(=O)NCCNc3ncc(C(F)(F)F)cc3Cl)c(=O)oc2c1. The molecule has 2 aromatic heterocycles. The van der Waals surface area contributed by atoms with Crippen molar-refractivity contribution in [2.24, 2.45) is 0 Å². The number of methoxy groups -OCH3 is 1. The molecule has 0 spiro atoms. The average molecular weight is 484 g/mol. The van der Waals surface area contributed by atoms with Crippen molar-refractivity contribution in [1.82, 2.24) is 10.3 Å². The number of ether oxygens (including phenoxy) is 1. The van der Waals surface area contributed by atoms with Gasteiger partial charge in [0, 0.05) is 42.7 Å². The van der Waals surface area contributed by atoms with Crippen LogP contribution in [0.1, 0.15) is 23.1 Å². The average Bonchev–Trinajstić information content (AvgIpc) is 2.76. The number of carbonyl (C=O) groups is 1. The molecule has 2 N–H and O–H groups in total. The van der Waals surface area contributed by atoms with Crippen molar-refractivity contribution in [2.45, 2.75) is 25.9 Å². The Labute approximate surface area is 191 Å². The predicted octanol–water partition coefficient (Wildman–Crippen LogP) is 4.34. The largest absolute Gasteiger partial charge is 0.497 e. The number of alkyl halides is 3. The molecule has 0 aliphatic rings. The van der Waals surface area contributed by atoms with Crippen LogP contribution in [0.15, 0.2) is 39.7 Å². The van der Waals surface area contributed by atoms with Gasteiger partial charge in [-0.05, 0) is 37.1 Å². The van der Waals surface area contributed by atoms with Crippen LogP contribution in [0, 0.1) is 6.92 Å². The summed E-state index contributed by atoms with van der Waals surface area (Å²) in [5, 5.41) is 6.02. The van der Waals surface area contributed by atoms with Gasteiger partial charge < -0.3 is 19.8 Å². The lowest BCUT2D eigenvalue weighted by atomic mass is 10.0. The zero-order chi connectivity index (χ0) is 24.2. The number of carbonyl (C=O) groups excluding carboxylic acids is 1. The Balaban J connectivity index is 1.52. The topological polar surface area (TPSA) is 93.5 Å². The Bertz CT molecular complexity index is 1230. The van der Waals surface area contributed by atoms with Gasteiger partial charge in [0.2, 0.25) is 5.91 Å². The van der Waals surface area contributed by atoms with Crippen molar-refractivity contribution in [2.75, 3.05) is 25.5 Å². The number of amides is 1. The van der Waals surface area contributed by atoms with E-state index < -0.39 is 17.4 Å². The van der Waals surface area contributed by atoms with Gasteiger partial charge in [0.1, 0.15) is 17.2 Å². The van der Waals surface area contributed by atoms with Crippen molar-refractivity contribution in [3.8, 4) is 5.75 Å². The lowest BCUT2D eigenvalue weighted by Gasteiger charge is -2.11. The van der Waals surface area contributed by atoms with E-state index in [1.165, 1.54) is 7.11 Å². The predicted molar refractivity (Wildman–Crippen MR) is 118 cm³/mol. The molecule has 0 bridgehead atoms. The molecule has 0 radical (unpaired) electrons. The number of pyridine rings is 1. The molecule has 3 aromatic rings. The summed E-state index contributed by atoms with van der Waals surface area (Å²) in [4.78, 5) is 28.2. The monoisotopic (exact) mass is 483 g/mol. The van der Waals surface area contributed by atoms with Crippen LogP contribution in [0.4, 0.5) is 19.0 Å². The zero-order valence-corrected chi connectivity index (χ0v) is 18.6. The maximum Gasteiger partial charge on any atom is 0.417 e. The number of hydrogen-bond donors (Lipinski definition) is 2. The van der Waals surface area contributed by atoms with Gasteiger partial charge in [0.05, 0.1) is 17.7 Å². The molecule has 0 aliphatic heterocycles. The fraction of sp³-hybridized carbons (Fsp3) is 0.318. The first-order chi connectivity index (χ1) is 15.6. The van der Waals surface area contributed by atoms with Crippen molar-refractivity contribution in [3.05, 3.63) is 62.6 Å². The quantitative estimate of drug-likeness (QED) is 0.366. The van der Waals surface area contributed by atoms with Gasteiger partial charge in [0.15, 0.2) is 0 Å². The van der Waals surface area contributed by atoms with Crippen LogP contribution in [-0.4, -0.2) is 31.1 Å². The molecule has 1 amide bonds. The molecule has 0 aliphatic carbocycles. The maximum atomic E-state index is 12.7. The summed E-state index contributed by atoms with van der Waals surface area (Å²) in [6.45, 7) is 2.18. The van der Waals surface area contributed by atoms with E-state index in [-0.39, 0.29) is 42.7 Å². The summed E-state index contributed by atoms with van der Waals surface area (Å²) in [6.07, 6.45) is -3.59.